The first-order valence-corrected chi connectivity index (χ1v) is 6.45. The molecule has 1 aromatic heterocycles. The average molecular weight is 234 g/mol. The molecule has 3 N–H and O–H groups in total. The Bertz CT molecular complexity index is 389. The fraction of sp³-hybridized carbons (Fsp3) is 0.692. The molecular formula is C13H22N4. The lowest BCUT2D eigenvalue weighted by atomic mass is 10.0. The molecule has 1 aromatic rings. The van der Waals surface area contributed by atoms with Gasteiger partial charge in [-0.25, -0.2) is 15.8 Å². The van der Waals surface area contributed by atoms with Crippen LogP contribution in [0.25, 0.3) is 0 Å². The van der Waals surface area contributed by atoms with Gasteiger partial charge in [0.15, 0.2) is 0 Å². The maximum atomic E-state index is 5.47. The van der Waals surface area contributed by atoms with E-state index in [1.807, 2.05) is 6.07 Å². The fourth-order valence-electron chi connectivity index (χ4n) is 2.48. The van der Waals surface area contributed by atoms with Crippen LogP contribution in [0.15, 0.2) is 6.07 Å². The first kappa shape index (κ1) is 12.3. The Morgan fingerprint density at radius 1 is 1.35 bits per heavy atom. The largest absolute Gasteiger partial charge is 0.308 e. The van der Waals surface area contributed by atoms with Crippen molar-refractivity contribution in [3.63, 3.8) is 0 Å². The van der Waals surface area contributed by atoms with Gasteiger partial charge in [-0.3, -0.25) is 0 Å². The minimum absolute atomic E-state index is 0.405. The van der Waals surface area contributed by atoms with Crippen LogP contribution in [0.1, 0.15) is 63.4 Å². The van der Waals surface area contributed by atoms with Crippen LogP contribution in [0, 0.1) is 5.92 Å². The van der Waals surface area contributed by atoms with Crippen molar-refractivity contribution in [1.29, 1.82) is 0 Å². The van der Waals surface area contributed by atoms with Gasteiger partial charge in [0.1, 0.15) is 11.6 Å². The molecule has 1 fully saturated rings. The van der Waals surface area contributed by atoms with E-state index >= 15 is 0 Å². The van der Waals surface area contributed by atoms with E-state index in [4.69, 9.17) is 10.8 Å². The van der Waals surface area contributed by atoms with Crippen molar-refractivity contribution in [2.24, 2.45) is 11.8 Å². The van der Waals surface area contributed by atoms with Gasteiger partial charge in [-0.05, 0) is 31.1 Å². The van der Waals surface area contributed by atoms with E-state index in [1.54, 1.807) is 0 Å². The molecule has 1 aliphatic rings. The summed E-state index contributed by atoms with van der Waals surface area (Å²) in [5.74, 6) is 8.88. The van der Waals surface area contributed by atoms with Crippen molar-refractivity contribution in [3.05, 3.63) is 17.6 Å². The molecule has 17 heavy (non-hydrogen) atoms. The van der Waals surface area contributed by atoms with E-state index < -0.39 is 0 Å². The fourth-order valence-corrected chi connectivity index (χ4v) is 2.48. The van der Waals surface area contributed by atoms with Crippen LogP contribution >= 0.6 is 0 Å². The summed E-state index contributed by atoms with van der Waals surface area (Å²) in [6.07, 6.45) is 3.68. The zero-order valence-corrected chi connectivity index (χ0v) is 10.9. The van der Waals surface area contributed by atoms with Crippen LogP contribution in [0.5, 0.6) is 0 Å². The molecule has 2 unspecified atom stereocenters. The number of nitrogens with one attached hydrogen (secondary N) is 1. The molecule has 94 valence electrons. The van der Waals surface area contributed by atoms with Crippen LogP contribution in [-0.4, -0.2) is 9.97 Å². The van der Waals surface area contributed by atoms with Gasteiger partial charge in [-0.15, -0.1) is 0 Å². The van der Waals surface area contributed by atoms with Crippen molar-refractivity contribution in [2.45, 2.75) is 51.9 Å². The minimum Gasteiger partial charge on any atom is -0.308 e. The van der Waals surface area contributed by atoms with Crippen molar-refractivity contribution in [3.8, 4) is 0 Å². The predicted molar refractivity (Wildman–Crippen MR) is 69.7 cm³/mol. The molecule has 2 rings (SSSR count). The Hall–Kier alpha value is -1.16. The number of nitrogens with two attached hydrogens (primary N) is 1. The van der Waals surface area contributed by atoms with Crippen LogP contribution in [0.4, 0.5) is 5.82 Å². The van der Waals surface area contributed by atoms with E-state index in [0.717, 1.165) is 23.3 Å². The Morgan fingerprint density at radius 3 is 2.65 bits per heavy atom. The van der Waals surface area contributed by atoms with Crippen LogP contribution < -0.4 is 11.3 Å². The number of nitrogen functional groups attached to an aromatic ring is 1. The molecule has 0 aliphatic heterocycles. The zero-order valence-electron chi connectivity index (χ0n) is 10.9. The number of rotatable bonds is 3. The van der Waals surface area contributed by atoms with Gasteiger partial charge in [-0.1, -0.05) is 20.8 Å². The SMILES string of the molecule is CC1CCC(c2nc(NN)cc(C(C)C)n2)C1. The smallest absolute Gasteiger partial charge is 0.143 e. The van der Waals surface area contributed by atoms with E-state index in [-0.39, 0.29) is 0 Å². The van der Waals surface area contributed by atoms with Gasteiger partial charge in [-0.2, -0.15) is 0 Å². The predicted octanol–water partition coefficient (Wildman–Crippen LogP) is 2.79. The van der Waals surface area contributed by atoms with E-state index in [9.17, 15) is 0 Å². The summed E-state index contributed by atoms with van der Waals surface area (Å²) >= 11 is 0. The first-order valence-electron chi connectivity index (χ1n) is 6.45. The summed E-state index contributed by atoms with van der Waals surface area (Å²) in [6.45, 7) is 6.59. The van der Waals surface area contributed by atoms with Crippen molar-refractivity contribution in [2.75, 3.05) is 5.43 Å². The summed E-state index contributed by atoms with van der Waals surface area (Å²) in [5, 5.41) is 0. The third-order valence-corrected chi connectivity index (χ3v) is 3.56. The lowest BCUT2D eigenvalue weighted by Crippen LogP contribution is -2.13. The maximum Gasteiger partial charge on any atom is 0.143 e. The van der Waals surface area contributed by atoms with Crippen molar-refractivity contribution < 1.29 is 0 Å². The lowest BCUT2D eigenvalue weighted by molar-refractivity contribution is 0.582. The summed E-state index contributed by atoms with van der Waals surface area (Å²) < 4.78 is 0. The molecule has 4 nitrogen and oxygen atoms in total. The van der Waals surface area contributed by atoms with Gasteiger partial charge in [0.2, 0.25) is 0 Å². The first-order chi connectivity index (χ1) is 8.10. The van der Waals surface area contributed by atoms with Gasteiger partial charge in [0.25, 0.3) is 0 Å². The molecule has 0 saturated heterocycles. The third kappa shape index (κ3) is 2.75. The highest BCUT2D eigenvalue weighted by Crippen LogP contribution is 2.37. The number of aromatic nitrogens is 2. The summed E-state index contributed by atoms with van der Waals surface area (Å²) in [7, 11) is 0. The summed E-state index contributed by atoms with van der Waals surface area (Å²) in [5.41, 5.74) is 3.72. The molecule has 0 aromatic carbocycles. The van der Waals surface area contributed by atoms with Gasteiger partial charge >= 0.3 is 0 Å². The van der Waals surface area contributed by atoms with E-state index in [1.165, 1.54) is 19.3 Å². The average Bonchev–Trinajstić information content (AvgIpc) is 2.75. The summed E-state index contributed by atoms with van der Waals surface area (Å²) in [6, 6.07) is 1.94. The van der Waals surface area contributed by atoms with Gasteiger partial charge in [0.05, 0.1) is 0 Å². The normalized spacial score (nSPS) is 24.3. The Kier molecular flexibility index (Phi) is 3.62. The number of hydrazine groups is 1. The minimum atomic E-state index is 0.405. The number of hydrogen-bond acceptors (Lipinski definition) is 4. The molecular weight excluding hydrogens is 212 g/mol. The quantitative estimate of drug-likeness (QED) is 0.623. The molecule has 1 aliphatic carbocycles. The molecule has 0 amide bonds. The number of nitrogens with zero attached hydrogens (tertiary/aromatic N) is 2. The second-order valence-corrected chi connectivity index (χ2v) is 5.45. The highest BCUT2D eigenvalue weighted by molar-refractivity contribution is 5.36. The van der Waals surface area contributed by atoms with E-state index in [0.29, 0.717) is 11.8 Å². The molecule has 0 spiro atoms. The second kappa shape index (κ2) is 5.00. The molecule has 4 heteroatoms. The van der Waals surface area contributed by atoms with Crippen LogP contribution in [0.2, 0.25) is 0 Å². The van der Waals surface area contributed by atoms with Crippen molar-refractivity contribution in [1.82, 2.24) is 9.97 Å². The molecule has 0 radical (unpaired) electrons. The molecule has 2 atom stereocenters. The zero-order chi connectivity index (χ0) is 12.4. The monoisotopic (exact) mass is 234 g/mol. The highest BCUT2D eigenvalue weighted by Gasteiger charge is 2.25. The van der Waals surface area contributed by atoms with Gasteiger partial charge in [0, 0.05) is 17.7 Å². The Balaban J connectivity index is 2.29. The molecule has 0 bridgehead atoms. The lowest BCUT2D eigenvalue weighted by Gasteiger charge is -2.13. The highest BCUT2D eigenvalue weighted by atomic mass is 15.3. The number of anilines is 1. The number of hydrogen-bond donors (Lipinski definition) is 2. The molecule has 1 heterocycles. The van der Waals surface area contributed by atoms with Crippen molar-refractivity contribution >= 4 is 5.82 Å². The van der Waals surface area contributed by atoms with Crippen LogP contribution in [-0.2, 0) is 0 Å². The third-order valence-electron chi connectivity index (χ3n) is 3.56. The maximum absolute atomic E-state index is 5.47. The van der Waals surface area contributed by atoms with E-state index in [2.05, 4.69) is 31.2 Å². The summed E-state index contributed by atoms with van der Waals surface area (Å²) in [4.78, 5) is 9.19. The molecule has 1 saturated carbocycles. The topological polar surface area (TPSA) is 63.8 Å². The standard InChI is InChI=1S/C13H22N4/c1-8(2)11-7-12(17-14)16-13(15-11)10-5-4-9(3)6-10/h7-10H,4-6,14H2,1-3H3,(H,15,16,17). The van der Waals surface area contributed by atoms with Gasteiger partial charge < -0.3 is 5.43 Å². The second-order valence-electron chi connectivity index (χ2n) is 5.45. The Morgan fingerprint density at radius 2 is 2.12 bits per heavy atom. The Labute approximate surface area is 103 Å². The van der Waals surface area contributed by atoms with Crippen LogP contribution in [0.3, 0.4) is 0 Å².